The first kappa shape index (κ1) is 22.9. The van der Waals surface area contributed by atoms with Crippen molar-refractivity contribution in [3.63, 3.8) is 0 Å². The lowest BCUT2D eigenvalue weighted by atomic mass is 9.72. The minimum absolute atomic E-state index is 0.309. The Bertz CT molecular complexity index is 1010. The fourth-order valence-electron chi connectivity index (χ4n) is 5.20. The van der Waals surface area contributed by atoms with E-state index in [0.717, 1.165) is 49.7 Å². The van der Waals surface area contributed by atoms with Crippen LogP contribution in [-0.4, -0.2) is 43.0 Å². The molecule has 2 aliphatic rings. The second kappa shape index (κ2) is 9.29. The molecule has 1 amide bonds. The second-order valence-electron chi connectivity index (χ2n) is 10.1. The van der Waals surface area contributed by atoms with Crippen molar-refractivity contribution < 1.29 is 4.79 Å². The van der Waals surface area contributed by atoms with Crippen LogP contribution in [-0.2, 0) is 0 Å². The number of amides is 1. The summed E-state index contributed by atoms with van der Waals surface area (Å²) in [7, 11) is 0. The molecule has 2 aromatic rings. The number of hydrogen-bond donors (Lipinski definition) is 1. The van der Waals surface area contributed by atoms with Crippen LogP contribution in [0, 0.1) is 5.41 Å². The number of hydrogen-bond acceptors (Lipinski definition) is 3. The van der Waals surface area contributed by atoms with Crippen LogP contribution in [0.3, 0.4) is 0 Å². The first-order valence-corrected chi connectivity index (χ1v) is 12.0. The number of benzene rings is 2. The normalized spacial score (nSPS) is 21.6. The van der Waals surface area contributed by atoms with Crippen molar-refractivity contribution in [1.29, 1.82) is 0 Å². The molecule has 0 radical (unpaired) electrons. The van der Waals surface area contributed by atoms with E-state index in [4.69, 9.17) is 17.3 Å². The average Bonchev–Trinajstić information content (AvgIpc) is 2.75. The fraction of sp³-hybridized carbons (Fsp3) is 0.444. The first-order chi connectivity index (χ1) is 15.2. The van der Waals surface area contributed by atoms with Crippen molar-refractivity contribution in [3.8, 4) is 0 Å². The summed E-state index contributed by atoms with van der Waals surface area (Å²) in [6.07, 6.45) is 3.47. The summed E-state index contributed by atoms with van der Waals surface area (Å²) in [4.78, 5) is 16.8. The average molecular weight is 452 g/mol. The number of primary amides is 1. The second-order valence-corrected chi connectivity index (χ2v) is 10.5. The highest BCUT2D eigenvalue weighted by Gasteiger charge is 2.31. The zero-order valence-corrected chi connectivity index (χ0v) is 20.2. The molecule has 0 aromatic heterocycles. The van der Waals surface area contributed by atoms with Crippen molar-refractivity contribution in [2.24, 2.45) is 11.1 Å². The highest BCUT2D eigenvalue weighted by molar-refractivity contribution is 6.30. The van der Waals surface area contributed by atoms with Gasteiger partial charge in [-0.1, -0.05) is 55.3 Å². The van der Waals surface area contributed by atoms with Gasteiger partial charge >= 0.3 is 0 Å². The van der Waals surface area contributed by atoms with Crippen LogP contribution in [0.2, 0.25) is 5.02 Å². The maximum Gasteiger partial charge on any atom is 0.250 e. The fourth-order valence-corrected chi connectivity index (χ4v) is 5.33. The van der Waals surface area contributed by atoms with Crippen LogP contribution >= 0.6 is 11.6 Å². The number of anilines is 1. The lowest BCUT2D eigenvalue weighted by Crippen LogP contribution is -2.53. The Morgan fingerprint density at radius 3 is 2.53 bits per heavy atom. The third kappa shape index (κ3) is 5.02. The lowest BCUT2D eigenvalue weighted by Gasteiger charge is -2.43. The third-order valence-corrected chi connectivity index (χ3v) is 7.24. The van der Waals surface area contributed by atoms with E-state index >= 15 is 0 Å². The van der Waals surface area contributed by atoms with Crippen LogP contribution in [0.5, 0.6) is 0 Å². The molecular weight excluding hydrogens is 418 g/mol. The van der Waals surface area contributed by atoms with Gasteiger partial charge in [0.15, 0.2) is 0 Å². The number of piperazine rings is 1. The van der Waals surface area contributed by atoms with E-state index in [1.807, 2.05) is 36.4 Å². The van der Waals surface area contributed by atoms with Gasteiger partial charge in [-0.25, -0.2) is 0 Å². The largest absolute Gasteiger partial charge is 0.366 e. The monoisotopic (exact) mass is 451 g/mol. The Balaban J connectivity index is 1.53. The van der Waals surface area contributed by atoms with Crippen LogP contribution < -0.4 is 10.6 Å². The van der Waals surface area contributed by atoms with E-state index in [9.17, 15) is 4.79 Å². The molecule has 4 nitrogen and oxygen atoms in total. The molecule has 5 heteroatoms. The van der Waals surface area contributed by atoms with Gasteiger partial charge in [0, 0.05) is 42.9 Å². The van der Waals surface area contributed by atoms with Gasteiger partial charge in [0.05, 0.1) is 5.56 Å². The molecule has 32 heavy (non-hydrogen) atoms. The summed E-state index contributed by atoms with van der Waals surface area (Å²) in [6.45, 7) is 10.8. The number of carbonyl (C=O) groups is 1. The summed E-state index contributed by atoms with van der Waals surface area (Å²) >= 11 is 6.15. The van der Waals surface area contributed by atoms with Gasteiger partial charge in [-0.2, -0.15) is 0 Å². The Morgan fingerprint density at radius 1 is 1.12 bits per heavy atom. The maximum atomic E-state index is 11.9. The van der Waals surface area contributed by atoms with E-state index in [1.54, 1.807) is 5.57 Å². The first-order valence-electron chi connectivity index (χ1n) is 11.6. The molecule has 0 saturated carbocycles. The minimum Gasteiger partial charge on any atom is -0.366 e. The van der Waals surface area contributed by atoms with Crippen LogP contribution in [0.25, 0.3) is 5.57 Å². The van der Waals surface area contributed by atoms with Gasteiger partial charge in [0.25, 0.3) is 5.91 Å². The molecule has 1 heterocycles. The quantitative estimate of drug-likeness (QED) is 0.642. The number of nitrogens with two attached hydrogens (primary N) is 1. The maximum absolute atomic E-state index is 11.9. The molecule has 1 fully saturated rings. The van der Waals surface area contributed by atoms with Crippen molar-refractivity contribution in [3.05, 3.63) is 70.3 Å². The van der Waals surface area contributed by atoms with Crippen LogP contribution in [0.1, 0.15) is 56.0 Å². The molecule has 2 aromatic carbocycles. The molecule has 0 unspecified atom stereocenters. The van der Waals surface area contributed by atoms with Gasteiger partial charge in [0.1, 0.15) is 0 Å². The number of rotatable bonds is 5. The van der Waals surface area contributed by atoms with E-state index in [1.165, 1.54) is 17.6 Å². The van der Waals surface area contributed by atoms with Gasteiger partial charge < -0.3 is 10.6 Å². The summed E-state index contributed by atoms with van der Waals surface area (Å²) < 4.78 is 0. The molecule has 1 saturated heterocycles. The van der Waals surface area contributed by atoms with E-state index in [-0.39, 0.29) is 5.91 Å². The van der Waals surface area contributed by atoms with E-state index in [2.05, 4.69) is 42.7 Å². The van der Waals surface area contributed by atoms with Crippen molar-refractivity contribution in [2.75, 3.05) is 31.1 Å². The lowest BCUT2D eigenvalue weighted by molar-refractivity contribution is 0.100. The zero-order valence-electron chi connectivity index (χ0n) is 19.4. The van der Waals surface area contributed by atoms with Crippen LogP contribution in [0.4, 0.5) is 5.69 Å². The minimum atomic E-state index is -0.363. The molecule has 4 rings (SSSR count). The molecule has 170 valence electrons. The molecule has 0 bridgehead atoms. The Kier molecular flexibility index (Phi) is 6.64. The molecule has 2 N–H and O–H groups in total. The van der Waals surface area contributed by atoms with Crippen LogP contribution in [0.15, 0.2) is 54.1 Å². The van der Waals surface area contributed by atoms with E-state index in [0.29, 0.717) is 17.0 Å². The van der Waals surface area contributed by atoms with Gasteiger partial charge in [-0.15, -0.1) is 0 Å². The number of nitrogens with zero attached hydrogens (tertiary/aromatic N) is 2. The zero-order chi connectivity index (χ0) is 22.9. The number of halogens is 1. The highest BCUT2D eigenvalue weighted by Crippen LogP contribution is 2.43. The van der Waals surface area contributed by atoms with Gasteiger partial charge in [-0.05, 0) is 67.0 Å². The predicted molar refractivity (Wildman–Crippen MR) is 134 cm³/mol. The molecule has 1 aliphatic carbocycles. The third-order valence-electron chi connectivity index (χ3n) is 6.98. The SMILES string of the molecule is C[C@@H]1CN(CC2=C(c3ccc(Cl)cc3)CC(C)(C)CC2)CCN1c1ccccc1C(N)=O. The standard InChI is InChI=1S/C27H34ClN3O/c1-19-17-30(14-15-31(19)25-7-5-4-6-23(25)26(29)32)18-21-12-13-27(2,3)16-24(21)20-8-10-22(28)11-9-20/h4-11,19H,12-18H2,1-3H3,(H2,29,32)/t19-/m1/s1. The molecule has 1 atom stereocenters. The van der Waals surface area contributed by atoms with Gasteiger partial charge in [-0.3, -0.25) is 9.69 Å². The summed E-state index contributed by atoms with van der Waals surface area (Å²) in [5, 5.41) is 0.784. The van der Waals surface area contributed by atoms with Gasteiger partial charge in [0.2, 0.25) is 0 Å². The number of allylic oxidation sites excluding steroid dienone is 1. The topological polar surface area (TPSA) is 49.6 Å². The smallest absolute Gasteiger partial charge is 0.250 e. The summed E-state index contributed by atoms with van der Waals surface area (Å²) in [5.74, 6) is -0.363. The van der Waals surface area contributed by atoms with Crippen molar-refractivity contribution in [2.45, 2.75) is 46.1 Å². The molecule has 1 aliphatic heterocycles. The Hall–Kier alpha value is -2.30. The molecule has 0 spiro atoms. The number of carbonyl (C=O) groups excluding carboxylic acids is 1. The Labute approximate surface area is 197 Å². The summed E-state index contributed by atoms with van der Waals surface area (Å²) in [5.41, 5.74) is 11.9. The summed E-state index contributed by atoms with van der Waals surface area (Å²) in [6, 6.07) is 16.3. The highest BCUT2D eigenvalue weighted by atomic mass is 35.5. The number of para-hydroxylation sites is 1. The van der Waals surface area contributed by atoms with Crippen molar-refractivity contribution in [1.82, 2.24) is 4.90 Å². The molecular formula is C27H34ClN3O. The predicted octanol–water partition coefficient (Wildman–Crippen LogP) is 5.61. The Morgan fingerprint density at radius 2 is 1.84 bits per heavy atom. The van der Waals surface area contributed by atoms with Crippen molar-refractivity contribution >= 4 is 28.8 Å². The van der Waals surface area contributed by atoms with E-state index < -0.39 is 0 Å².